The zero-order valence-corrected chi connectivity index (χ0v) is 22.5. The Morgan fingerprint density at radius 2 is 1.92 bits per heavy atom. The standard InChI is InChI=1S/C28H33FN8O2/c1-17(2)36-28(31-18(3)33-36)24-14-35-9-10-39-26-12-23(29)21(11-22(26)27(35)32-24)25-6-7-30-37(25)19-5-4-8-34(13-19)20-15-38-16-20/h6-7,11-12,14,17,19-20H,4-5,8-10,13,15-16H2,1-3H3/t19-/m1/s1. The molecule has 0 bridgehead atoms. The van der Waals surface area contributed by atoms with Gasteiger partial charge in [0, 0.05) is 36.6 Å². The number of benzene rings is 1. The van der Waals surface area contributed by atoms with Gasteiger partial charge in [-0.2, -0.15) is 10.2 Å². The number of ether oxygens (including phenoxy) is 2. The van der Waals surface area contributed by atoms with Crippen LogP contribution < -0.4 is 4.74 Å². The second-order valence-electron chi connectivity index (χ2n) is 11.0. The molecule has 0 saturated carbocycles. The molecule has 2 saturated heterocycles. The average Bonchev–Trinajstić information content (AvgIpc) is 3.60. The Kier molecular flexibility index (Phi) is 6.00. The summed E-state index contributed by atoms with van der Waals surface area (Å²) in [5.74, 6) is 2.33. The lowest BCUT2D eigenvalue weighted by Gasteiger charge is -2.42. The zero-order chi connectivity index (χ0) is 26.7. The molecule has 204 valence electrons. The van der Waals surface area contributed by atoms with Crippen LogP contribution in [-0.4, -0.2) is 77.9 Å². The maximum atomic E-state index is 15.7. The summed E-state index contributed by atoms with van der Waals surface area (Å²) in [7, 11) is 0. The number of aryl methyl sites for hydroxylation is 1. The monoisotopic (exact) mass is 532 g/mol. The first-order valence-corrected chi connectivity index (χ1v) is 13.8. The predicted molar refractivity (Wildman–Crippen MR) is 143 cm³/mol. The van der Waals surface area contributed by atoms with E-state index in [1.807, 2.05) is 34.6 Å². The van der Waals surface area contributed by atoms with Crippen LogP contribution in [0.1, 0.15) is 44.6 Å². The quantitative estimate of drug-likeness (QED) is 0.382. The largest absolute Gasteiger partial charge is 0.491 e. The van der Waals surface area contributed by atoms with Gasteiger partial charge in [-0.25, -0.2) is 19.0 Å². The highest BCUT2D eigenvalue weighted by atomic mass is 19.1. The van der Waals surface area contributed by atoms with Gasteiger partial charge in [-0.05, 0) is 52.3 Å². The third-order valence-corrected chi connectivity index (χ3v) is 7.99. The normalized spacial score (nSPS) is 19.9. The van der Waals surface area contributed by atoms with Crippen LogP contribution in [0.15, 0.2) is 30.6 Å². The second-order valence-corrected chi connectivity index (χ2v) is 11.0. The molecule has 2 fully saturated rings. The number of imidazole rings is 1. The predicted octanol–water partition coefficient (Wildman–Crippen LogP) is 4.13. The van der Waals surface area contributed by atoms with Gasteiger partial charge < -0.3 is 14.0 Å². The third-order valence-electron chi connectivity index (χ3n) is 7.99. The van der Waals surface area contributed by atoms with Crippen molar-refractivity contribution < 1.29 is 13.9 Å². The summed E-state index contributed by atoms with van der Waals surface area (Å²) in [5, 5.41) is 9.22. The Morgan fingerprint density at radius 3 is 2.72 bits per heavy atom. The number of aromatic nitrogens is 7. The minimum atomic E-state index is -0.328. The number of hydrogen-bond donors (Lipinski definition) is 0. The van der Waals surface area contributed by atoms with Crippen molar-refractivity contribution in [1.82, 2.24) is 39.0 Å². The molecular weight excluding hydrogens is 499 g/mol. The highest BCUT2D eigenvalue weighted by molar-refractivity contribution is 5.75. The number of nitrogens with zero attached hydrogens (tertiary/aromatic N) is 8. The highest BCUT2D eigenvalue weighted by Gasteiger charge is 2.32. The van der Waals surface area contributed by atoms with Gasteiger partial charge in [-0.15, -0.1) is 0 Å². The lowest BCUT2D eigenvalue weighted by atomic mass is 10.0. The van der Waals surface area contributed by atoms with Gasteiger partial charge in [-0.1, -0.05) is 0 Å². The molecule has 4 aromatic rings. The molecular formula is C28H33FN8O2. The fourth-order valence-corrected chi connectivity index (χ4v) is 5.94. The van der Waals surface area contributed by atoms with Crippen molar-refractivity contribution in [2.45, 2.75) is 58.3 Å². The van der Waals surface area contributed by atoms with Crippen molar-refractivity contribution >= 4 is 0 Å². The van der Waals surface area contributed by atoms with E-state index in [1.54, 1.807) is 6.20 Å². The van der Waals surface area contributed by atoms with Crippen LogP contribution in [-0.2, 0) is 11.3 Å². The molecule has 11 heteroatoms. The van der Waals surface area contributed by atoms with Crippen molar-refractivity contribution in [2.24, 2.45) is 0 Å². The van der Waals surface area contributed by atoms with E-state index in [9.17, 15) is 0 Å². The number of rotatable bonds is 5. The second kappa shape index (κ2) is 9.56. The summed E-state index contributed by atoms with van der Waals surface area (Å²) in [4.78, 5) is 12.1. The summed E-state index contributed by atoms with van der Waals surface area (Å²) >= 11 is 0. The Bertz CT molecular complexity index is 1520. The Hall–Kier alpha value is -3.57. The molecule has 7 rings (SSSR count). The van der Waals surface area contributed by atoms with Gasteiger partial charge in [0.25, 0.3) is 0 Å². The van der Waals surface area contributed by atoms with Crippen molar-refractivity contribution in [3.8, 4) is 39.9 Å². The molecule has 0 amide bonds. The summed E-state index contributed by atoms with van der Waals surface area (Å²) in [6.45, 7) is 10.6. The molecule has 39 heavy (non-hydrogen) atoms. The van der Waals surface area contributed by atoms with E-state index in [-0.39, 0.29) is 17.9 Å². The number of hydrogen-bond acceptors (Lipinski definition) is 7. The molecule has 0 N–H and O–H groups in total. The van der Waals surface area contributed by atoms with Crippen molar-refractivity contribution in [3.05, 3.63) is 42.2 Å². The molecule has 1 atom stereocenters. The van der Waals surface area contributed by atoms with Crippen molar-refractivity contribution in [2.75, 3.05) is 32.9 Å². The Balaban J connectivity index is 1.28. The molecule has 3 aromatic heterocycles. The van der Waals surface area contributed by atoms with E-state index in [4.69, 9.17) is 14.5 Å². The molecule has 3 aliphatic heterocycles. The van der Waals surface area contributed by atoms with E-state index in [0.29, 0.717) is 36.3 Å². The maximum Gasteiger partial charge on any atom is 0.178 e. The summed E-state index contributed by atoms with van der Waals surface area (Å²) in [6, 6.07) is 6.06. The lowest BCUT2D eigenvalue weighted by Crippen LogP contribution is -2.52. The fourth-order valence-electron chi connectivity index (χ4n) is 5.94. The molecule has 1 aromatic carbocycles. The van der Waals surface area contributed by atoms with Gasteiger partial charge in [0.05, 0.1) is 43.1 Å². The number of halogens is 1. The smallest absolute Gasteiger partial charge is 0.178 e. The van der Waals surface area contributed by atoms with E-state index < -0.39 is 0 Å². The topological polar surface area (TPSA) is 88.0 Å². The number of fused-ring (bicyclic) bond motifs is 3. The first kappa shape index (κ1) is 24.5. The van der Waals surface area contributed by atoms with Gasteiger partial charge >= 0.3 is 0 Å². The van der Waals surface area contributed by atoms with Crippen LogP contribution in [0.25, 0.3) is 34.2 Å². The average molecular weight is 533 g/mol. The minimum absolute atomic E-state index is 0.145. The van der Waals surface area contributed by atoms with E-state index in [0.717, 1.165) is 67.7 Å². The lowest BCUT2D eigenvalue weighted by molar-refractivity contribution is -0.0756. The Morgan fingerprint density at radius 1 is 1.05 bits per heavy atom. The number of likely N-dealkylation sites (tertiary alicyclic amines) is 1. The van der Waals surface area contributed by atoms with Crippen LogP contribution in [0.2, 0.25) is 0 Å². The van der Waals surface area contributed by atoms with Gasteiger partial charge in [0.1, 0.15) is 35.5 Å². The molecule has 3 aliphatic rings. The molecule has 0 spiro atoms. The molecule has 6 heterocycles. The zero-order valence-electron chi connectivity index (χ0n) is 22.5. The molecule has 0 unspecified atom stereocenters. The van der Waals surface area contributed by atoms with Gasteiger partial charge in [-0.3, -0.25) is 9.58 Å². The van der Waals surface area contributed by atoms with Crippen LogP contribution >= 0.6 is 0 Å². The fraction of sp³-hybridized carbons (Fsp3) is 0.500. The van der Waals surface area contributed by atoms with Gasteiger partial charge in [0.15, 0.2) is 5.82 Å². The summed E-state index contributed by atoms with van der Waals surface area (Å²) < 4.78 is 33.0. The van der Waals surface area contributed by atoms with E-state index >= 15 is 4.39 Å². The number of piperidine rings is 1. The van der Waals surface area contributed by atoms with Crippen LogP contribution in [0, 0.1) is 12.7 Å². The van der Waals surface area contributed by atoms with E-state index in [1.165, 1.54) is 6.07 Å². The van der Waals surface area contributed by atoms with Crippen molar-refractivity contribution in [1.29, 1.82) is 0 Å². The summed E-state index contributed by atoms with van der Waals surface area (Å²) in [5.41, 5.74) is 2.76. The SMILES string of the molecule is Cc1nc(-c2cn3c(n2)-c2cc(-c4ccnn4[C@@H]4CCCN(C5COC5)C4)c(F)cc2OCC3)n(C(C)C)n1. The Labute approximate surface area is 226 Å². The summed E-state index contributed by atoms with van der Waals surface area (Å²) in [6.07, 6.45) is 5.85. The third kappa shape index (κ3) is 4.24. The van der Waals surface area contributed by atoms with Crippen LogP contribution in [0.5, 0.6) is 5.75 Å². The van der Waals surface area contributed by atoms with Gasteiger partial charge in [0.2, 0.25) is 0 Å². The minimum Gasteiger partial charge on any atom is -0.491 e. The first-order valence-electron chi connectivity index (χ1n) is 13.8. The molecule has 10 nitrogen and oxygen atoms in total. The maximum absolute atomic E-state index is 15.7. The molecule has 0 aliphatic carbocycles. The van der Waals surface area contributed by atoms with Crippen molar-refractivity contribution in [3.63, 3.8) is 0 Å². The van der Waals surface area contributed by atoms with E-state index in [2.05, 4.69) is 38.5 Å². The van der Waals surface area contributed by atoms with Crippen LogP contribution in [0.4, 0.5) is 4.39 Å². The van der Waals surface area contributed by atoms with Crippen LogP contribution in [0.3, 0.4) is 0 Å². The first-order chi connectivity index (χ1) is 19.0. The molecule has 0 radical (unpaired) electrons. The highest BCUT2D eigenvalue weighted by Crippen LogP contribution is 2.39.